The second-order valence-electron chi connectivity index (χ2n) is 18.1. The Balaban J connectivity index is 1.05. The van der Waals surface area contributed by atoms with E-state index >= 15 is 0 Å². The highest BCUT2D eigenvalue weighted by Crippen LogP contribution is 2.69. The average Bonchev–Trinajstić information content (AvgIpc) is 3.14. The van der Waals surface area contributed by atoms with Crippen molar-refractivity contribution in [2.24, 2.45) is 11.8 Å². The first-order valence-corrected chi connectivity index (χ1v) is 22.4. The summed E-state index contributed by atoms with van der Waals surface area (Å²) in [5.41, 5.74) is 1.66. The number of hydrogen-bond donors (Lipinski definition) is 0. The summed E-state index contributed by atoms with van der Waals surface area (Å²) in [5, 5.41) is 3.63. The Morgan fingerprint density at radius 2 is 1.26 bits per heavy atom. The van der Waals surface area contributed by atoms with Crippen LogP contribution in [0.15, 0.2) is 54.6 Å². The lowest BCUT2D eigenvalue weighted by atomic mass is 9.18. The highest BCUT2D eigenvalue weighted by atomic mass is 32.2. The number of thioether (sulfide) groups is 2. The zero-order chi connectivity index (χ0) is 30.6. The summed E-state index contributed by atoms with van der Waals surface area (Å²) in [6.07, 6.45) is 33.5. The Morgan fingerprint density at radius 3 is 1.94 bits per heavy atom. The fourth-order valence-electron chi connectivity index (χ4n) is 14.9. The molecule has 1 aromatic rings. The Kier molecular flexibility index (Phi) is 7.66. The molecule has 0 spiro atoms. The minimum atomic E-state index is 0.774. The molecule has 1 aromatic carbocycles. The number of allylic oxidation sites excluding steroid dienone is 4. The van der Waals surface area contributed by atoms with Crippen molar-refractivity contribution in [3.63, 3.8) is 0 Å². The van der Waals surface area contributed by atoms with Crippen LogP contribution in [0.2, 0.25) is 17.5 Å². The van der Waals surface area contributed by atoms with Crippen LogP contribution in [0.3, 0.4) is 0 Å². The molecule has 5 saturated carbocycles. The van der Waals surface area contributed by atoms with Crippen molar-refractivity contribution in [1.82, 2.24) is 9.80 Å². The molecular formula is C42H57BN2S2. The van der Waals surface area contributed by atoms with Gasteiger partial charge in [0.25, 0.3) is 0 Å². The van der Waals surface area contributed by atoms with Gasteiger partial charge >= 0.3 is 0 Å². The normalized spacial score (nSPS) is 51.6. The van der Waals surface area contributed by atoms with E-state index in [0.717, 1.165) is 99.2 Å². The molecule has 0 N–H and O–H groups in total. The van der Waals surface area contributed by atoms with Gasteiger partial charge in [-0.1, -0.05) is 86.7 Å². The number of rotatable bonds is 2. The molecule has 5 heteroatoms. The van der Waals surface area contributed by atoms with Gasteiger partial charge < -0.3 is 0 Å². The Morgan fingerprint density at radius 1 is 0.596 bits per heavy atom. The van der Waals surface area contributed by atoms with Crippen molar-refractivity contribution in [2.45, 2.75) is 183 Å². The number of hydrogen-bond acceptors (Lipinski definition) is 4. The molecule has 4 heterocycles. The molecule has 47 heavy (non-hydrogen) atoms. The van der Waals surface area contributed by atoms with Crippen molar-refractivity contribution in [2.75, 3.05) is 0 Å². The van der Waals surface area contributed by atoms with Crippen LogP contribution >= 0.6 is 23.5 Å². The van der Waals surface area contributed by atoms with E-state index in [2.05, 4.69) is 88.0 Å². The molecule has 0 bridgehead atoms. The lowest BCUT2D eigenvalue weighted by Crippen LogP contribution is -2.81. The van der Waals surface area contributed by atoms with Gasteiger partial charge in [-0.15, -0.1) is 0 Å². The topological polar surface area (TPSA) is 6.48 Å². The molecule has 4 aliphatic heterocycles. The summed E-state index contributed by atoms with van der Waals surface area (Å²) in [6, 6.07) is 17.1. The van der Waals surface area contributed by atoms with E-state index in [1.807, 2.05) is 0 Å². The van der Waals surface area contributed by atoms with Crippen molar-refractivity contribution in [3.8, 4) is 0 Å². The Bertz CT molecular complexity index is 1370. The van der Waals surface area contributed by atoms with Crippen LogP contribution < -0.4 is 0 Å². The van der Waals surface area contributed by atoms with Crippen molar-refractivity contribution in [1.29, 1.82) is 0 Å². The van der Waals surface area contributed by atoms with E-state index in [4.69, 9.17) is 0 Å². The molecule has 9 fully saturated rings. The first-order valence-electron chi connectivity index (χ1n) is 20.6. The SMILES string of the molecule is C1=CCC(C2CCC3C(C2)B2C4CC(c5ccccc5)CCC4N4C5CCCCC5SC5CC6SC7CCCCC7N3C6C2C54)C=C1. The minimum absolute atomic E-state index is 0.774. The van der Waals surface area contributed by atoms with Gasteiger partial charge in [0.15, 0.2) is 6.71 Å². The van der Waals surface area contributed by atoms with Gasteiger partial charge in [0.2, 0.25) is 0 Å². The summed E-state index contributed by atoms with van der Waals surface area (Å²) >= 11 is 5.14. The highest BCUT2D eigenvalue weighted by molar-refractivity contribution is 8.01. The molecule has 2 nitrogen and oxygen atoms in total. The average molecular weight is 665 g/mol. The molecule has 250 valence electrons. The first-order chi connectivity index (χ1) is 23.3. The maximum atomic E-state index is 3.42. The van der Waals surface area contributed by atoms with E-state index in [1.54, 1.807) is 5.56 Å². The fourth-order valence-corrected chi connectivity index (χ4v) is 19.1. The second-order valence-corrected chi connectivity index (χ2v) is 21.0. The number of nitrogens with zero attached hydrogens (tertiary/aromatic N) is 2. The van der Waals surface area contributed by atoms with E-state index < -0.39 is 0 Å². The molecule has 0 amide bonds. The van der Waals surface area contributed by atoms with Crippen LogP contribution in [0, 0.1) is 11.8 Å². The van der Waals surface area contributed by atoms with E-state index in [1.165, 1.54) is 103 Å². The molecule has 10 aliphatic rings. The Hall–Kier alpha value is -0.615. The summed E-state index contributed by atoms with van der Waals surface area (Å²) in [5.74, 6) is 5.22. The van der Waals surface area contributed by atoms with Crippen molar-refractivity contribution in [3.05, 3.63) is 60.2 Å². The Labute approximate surface area is 294 Å². The van der Waals surface area contributed by atoms with Gasteiger partial charge in [0.05, 0.1) is 0 Å². The maximum absolute atomic E-state index is 3.42. The maximum Gasteiger partial charge on any atom is 0.157 e. The van der Waals surface area contributed by atoms with Crippen LogP contribution in [0.1, 0.15) is 114 Å². The van der Waals surface area contributed by atoms with Crippen LogP contribution in [0.25, 0.3) is 0 Å². The number of fused-ring (bicyclic) bond motifs is 10. The molecule has 0 aromatic heterocycles. The van der Waals surface area contributed by atoms with E-state index in [-0.39, 0.29) is 0 Å². The quantitative estimate of drug-likeness (QED) is 0.290. The summed E-state index contributed by atoms with van der Waals surface area (Å²) in [6.45, 7) is 0.955. The smallest absolute Gasteiger partial charge is 0.157 e. The zero-order valence-electron chi connectivity index (χ0n) is 28.5. The third-order valence-corrected chi connectivity index (χ3v) is 19.8. The summed E-state index contributed by atoms with van der Waals surface area (Å²) < 4.78 is 0. The van der Waals surface area contributed by atoms with Crippen LogP contribution in [-0.2, 0) is 0 Å². The zero-order valence-corrected chi connectivity index (χ0v) is 30.2. The second kappa shape index (κ2) is 12.0. The summed E-state index contributed by atoms with van der Waals surface area (Å²) in [7, 11) is 0. The van der Waals surface area contributed by atoms with Crippen LogP contribution in [0.4, 0.5) is 0 Å². The van der Waals surface area contributed by atoms with E-state index in [9.17, 15) is 0 Å². The van der Waals surface area contributed by atoms with Crippen LogP contribution in [0.5, 0.6) is 0 Å². The molecule has 16 atom stereocenters. The molecule has 6 aliphatic carbocycles. The predicted molar refractivity (Wildman–Crippen MR) is 202 cm³/mol. The standard InChI is InChI=1S/C42H57BN2S2/c1-3-11-26(12-4-1)28-19-21-32-30(23-28)43-31-24-29(27-13-5-2-6-14-27)20-22-33(31)45-35-16-8-10-18-37(35)47-39-25-38-41(40(43)42(39)45)44(32)34-15-7-9-17-36(34)46-38/h1-6,11-13,27-42H,7-10,14-25H2. The van der Waals surface area contributed by atoms with Crippen molar-refractivity contribution < 1.29 is 0 Å². The third kappa shape index (κ3) is 4.66. The van der Waals surface area contributed by atoms with Crippen LogP contribution in [-0.4, -0.2) is 73.8 Å². The molecule has 11 rings (SSSR count). The van der Waals surface area contributed by atoms with Gasteiger partial charge in [-0.3, -0.25) is 9.80 Å². The molecule has 4 saturated heterocycles. The van der Waals surface area contributed by atoms with Gasteiger partial charge in [0, 0.05) is 57.3 Å². The first kappa shape index (κ1) is 30.1. The van der Waals surface area contributed by atoms with Crippen molar-refractivity contribution >= 4 is 30.2 Å². The minimum Gasteiger partial charge on any atom is -0.293 e. The fraction of sp³-hybridized carbons (Fsp3) is 0.762. The monoisotopic (exact) mass is 664 g/mol. The molecule has 16 unspecified atom stereocenters. The van der Waals surface area contributed by atoms with E-state index in [0.29, 0.717) is 0 Å². The third-order valence-electron chi connectivity index (χ3n) is 16.4. The largest absolute Gasteiger partial charge is 0.293 e. The molecular weight excluding hydrogens is 607 g/mol. The predicted octanol–water partition coefficient (Wildman–Crippen LogP) is 9.85. The molecule has 0 radical (unpaired) electrons. The highest BCUT2D eigenvalue weighted by Gasteiger charge is 2.70. The van der Waals surface area contributed by atoms with Gasteiger partial charge in [0.1, 0.15) is 0 Å². The summed E-state index contributed by atoms with van der Waals surface area (Å²) in [4.78, 5) is 6.84. The number of benzene rings is 1. The van der Waals surface area contributed by atoms with Gasteiger partial charge in [-0.05, 0) is 111 Å². The lowest BCUT2D eigenvalue weighted by Gasteiger charge is -2.74. The van der Waals surface area contributed by atoms with Gasteiger partial charge in [-0.25, -0.2) is 0 Å². The van der Waals surface area contributed by atoms with Gasteiger partial charge in [-0.2, -0.15) is 23.5 Å². The lowest BCUT2D eigenvalue weighted by molar-refractivity contribution is -0.0604.